The fourth-order valence-corrected chi connectivity index (χ4v) is 7.22. The van der Waals surface area contributed by atoms with E-state index in [1.165, 1.54) is 75.7 Å². The van der Waals surface area contributed by atoms with Gasteiger partial charge in [0, 0.05) is 68.5 Å². The van der Waals surface area contributed by atoms with Gasteiger partial charge < -0.3 is 14.8 Å². The number of carbonyl (C=O) groups is 1. The summed E-state index contributed by atoms with van der Waals surface area (Å²) in [5.74, 6) is 1.15. The summed E-state index contributed by atoms with van der Waals surface area (Å²) in [7, 11) is 0. The first-order valence-electron chi connectivity index (χ1n) is 15.2. The van der Waals surface area contributed by atoms with Crippen LogP contribution < -0.4 is 0 Å². The van der Waals surface area contributed by atoms with Crippen LogP contribution in [-0.4, -0.2) is 75.1 Å². The molecular formula is C32H44N6O. The number of aromatic amines is 1. The predicted octanol–water partition coefficient (Wildman–Crippen LogP) is 5.42. The van der Waals surface area contributed by atoms with Gasteiger partial charge in [0.15, 0.2) is 0 Å². The molecule has 39 heavy (non-hydrogen) atoms. The van der Waals surface area contributed by atoms with Gasteiger partial charge in [0.2, 0.25) is 0 Å². The summed E-state index contributed by atoms with van der Waals surface area (Å²) in [5, 5.41) is 0. The lowest BCUT2D eigenvalue weighted by molar-refractivity contribution is 0.0616. The molecule has 4 aliphatic rings. The van der Waals surface area contributed by atoms with Crippen molar-refractivity contribution in [2.45, 2.75) is 83.3 Å². The second-order valence-electron chi connectivity index (χ2n) is 12.3. The number of likely N-dealkylation sites (tertiary alicyclic amines) is 2. The maximum atomic E-state index is 13.5. The number of H-pyrrole nitrogens is 1. The molecule has 1 aromatic carbocycles. The van der Waals surface area contributed by atoms with Crippen LogP contribution in [0.25, 0.3) is 0 Å². The van der Waals surface area contributed by atoms with E-state index in [-0.39, 0.29) is 5.91 Å². The Balaban J connectivity index is 1.03. The molecule has 7 nitrogen and oxygen atoms in total. The van der Waals surface area contributed by atoms with Crippen LogP contribution in [0.5, 0.6) is 0 Å². The molecule has 1 aromatic heterocycles. The third-order valence-electron chi connectivity index (χ3n) is 9.58. The Morgan fingerprint density at radius 1 is 0.974 bits per heavy atom. The molecule has 1 amide bonds. The highest BCUT2D eigenvalue weighted by Gasteiger charge is 2.43. The number of nitrogens with one attached hydrogen (secondary N) is 1. The largest absolute Gasteiger partial charge is 0.348 e. The van der Waals surface area contributed by atoms with Crippen molar-refractivity contribution in [1.82, 2.24) is 24.7 Å². The lowest BCUT2D eigenvalue weighted by Gasteiger charge is -2.42. The standard InChI is InChI=1S/C32H44N6O/c39-31(38-21-15-32(25-38)13-19-37(20-14-32)29-7-3-1-2-4-8-29)27-11-9-26(10-12-27)22-36(23-28-6-5-16-33-28)24-30-34-17-18-35-30/h5,9-12,16-18,29H,1-4,6-8,13-15,19-25H2,(H,34,35). The maximum Gasteiger partial charge on any atom is 0.253 e. The molecule has 1 aliphatic carbocycles. The van der Waals surface area contributed by atoms with E-state index in [1.807, 2.05) is 24.5 Å². The van der Waals surface area contributed by atoms with Gasteiger partial charge in [-0.3, -0.25) is 14.7 Å². The number of piperidine rings is 1. The molecule has 4 heterocycles. The molecule has 0 unspecified atom stereocenters. The second-order valence-corrected chi connectivity index (χ2v) is 12.3. The van der Waals surface area contributed by atoms with Gasteiger partial charge in [-0.15, -0.1) is 0 Å². The monoisotopic (exact) mass is 528 g/mol. The lowest BCUT2D eigenvalue weighted by atomic mass is 9.77. The first-order valence-corrected chi connectivity index (χ1v) is 15.2. The van der Waals surface area contributed by atoms with E-state index < -0.39 is 0 Å². The molecule has 1 saturated carbocycles. The molecule has 3 aliphatic heterocycles. The van der Waals surface area contributed by atoms with Gasteiger partial charge in [0.1, 0.15) is 5.82 Å². The second kappa shape index (κ2) is 12.2. The van der Waals surface area contributed by atoms with Gasteiger partial charge in [-0.1, -0.05) is 43.9 Å². The van der Waals surface area contributed by atoms with Gasteiger partial charge in [0.25, 0.3) is 5.91 Å². The first kappa shape index (κ1) is 26.5. The first-order chi connectivity index (χ1) is 19.2. The Kier molecular flexibility index (Phi) is 8.26. The molecule has 2 saturated heterocycles. The highest BCUT2D eigenvalue weighted by Crippen LogP contribution is 2.42. The van der Waals surface area contributed by atoms with Gasteiger partial charge >= 0.3 is 0 Å². The van der Waals surface area contributed by atoms with E-state index in [0.29, 0.717) is 5.41 Å². The fourth-order valence-electron chi connectivity index (χ4n) is 7.22. The van der Waals surface area contributed by atoms with E-state index in [9.17, 15) is 4.79 Å². The van der Waals surface area contributed by atoms with Gasteiger partial charge in [0.05, 0.1) is 6.54 Å². The van der Waals surface area contributed by atoms with Crippen LogP contribution in [0.1, 0.15) is 86.0 Å². The number of nitrogens with zero attached hydrogens (tertiary/aromatic N) is 5. The van der Waals surface area contributed by atoms with Crippen molar-refractivity contribution in [3.05, 3.63) is 65.9 Å². The number of aliphatic imine (C=N–C) groups is 1. The molecule has 0 radical (unpaired) electrons. The third kappa shape index (κ3) is 6.52. The maximum absolute atomic E-state index is 13.5. The predicted molar refractivity (Wildman–Crippen MR) is 156 cm³/mol. The minimum Gasteiger partial charge on any atom is -0.348 e. The molecule has 2 aromatic rings. The Morgan fingerprint density at radius 3 is 2.44 bits per heavy atom. The van der Waals surface area contributed by atoms with Crippen LogP contribution in [0.2, 0.25) is 0 Å². The van der Waals surface area contributed by atoms with Crippen molar-refractivity contribution in [3.8, 4) is 0 Å². The topological polar surface area (TPSA) is 67.8 Å². The lowest BCUT2D eigenvalue weighted by Crippen LogP contribution is -2.46. The number of aromatic nitrogens is 2. The van der Waals surface area contributed by atoms with Crippen molar-refractivity contribution < 1.29 is 4.79 Å². The number of imidazole rings is 1. The number of carbonyl (C=O) groups excluding carboxylic acids is 1. The number of allylic oxidation sites excluding steroid dienone is 1. The summed E-state index contributed by atoms with van der Waals surface area (Å²) in [6, 6.07) is 9.09. The van der Waals surface area contributed by atoms with Gasteiger partial charge in [-0.05, 0) is 68.3 Å². The summed E-state index contributed by atoms with van der Waals surface area (Å²) < 4.78 is 0. The Bertz CT molecular complexity index is 1140. The normalized spacial score (nSPS) is 22.1. The average Bonchev–Trinajstić information content (AvgIpc) is 3.70. The van der Waals surface area contributed by atoms with E-state index in [1.54, 1.807) is 6.20 Å². The zero-order valence-electron chi connectivity index (χ0n) is 23.4. The molecular weight excluding hydrogens is 484 g/mol. The van der Waals surface area contributed by atoms with Crippen LogP contribution in [0, 0.1) is 5.41 Å². The molecule has 0 bridgehead atoms. The quantitative estimate of drug-likeness (QED) is 0.465. The highest BCUT2D eigenvalue weighted by molar-refractivity contribution is 5.94. The number of hydrogen-bond donors (Lipinski definition) is 1. The van der Waals surface area contributed by atoms with Crippen molar-refractivity contribution in [2.24, 2.45) is 10.4 Å². The molecule has 3 fully saturated rings. The third-order valence-corrected chi connectivity index (χ3v) is 9.58. The van der Waals surface area contributed by atoms with Crippen LogP contribution in [-0.2, 0) is 13.1 Å². The highest BCUT2D eigenvalue weighted by atomic mass is 16.2. The molecule has 1 N–H and O–H groups in total. The minimum atomic E-state index is 0.198. The van der Waals surface area contributed by atoms with Crippen molar-refractivity contribution in [1.29, 1.82) is 0 Å². The van der Waals surface area contributed by atoms with Crippen LogP contribution in [0.4, 0.5) is 0 Å². The SMILES string of the molecule is O=C(c1ccc(CN(CC2=NC=CC2)Cc2ncc[nH]2)cc1)N1CCC2(CCN(C3CCCCCC3)CC2)C1. The molecule has 0 atom stereocenters. The van der Waals surface area contributed by atoms with Crippen molar-refractivity contribution in [3.63, 3.8) is 0 Å². The van der Waals surface area contributed by atoms with Gasteiger partial charge in [-0.25, -0.2) is 4.98 Å². The molecule has 208 valence electrons. The number of rotatable bonds is 8. The zero-order valence-corrected chi connectivity index (χ0v) is 23.4. The van der Waals surface area contributed by atoms with Crippen molar-refractivity contribution >= 4 is 11.6 Å². The van der Waals surface area contributed by atoms with Gasteiger partial charge in [-0.2, -0.15) is 0 Å². The Morgan fingerprint density at radius 2 is 1.74 bits per heavy atom. The molecule has 6 rings (SSSR count). The van der Waals surface area contributed by atoms with Crippen LogP contribution in [0.15, 0.2) is 53.9 Å². The van der Waals surface area contributed by atoms with Crippen LogP contribution >= 0.6 is 0 Å². The minimum absolute atomic E-state index is 0.198. The number of hydrogen-bond acceptors (Lipinski definition) is 5. The summed E-state index contributed by atoms with van der Waals surface area (Å²) in [5.41, 5.74) is 3.53. The number of amides is 1. The molecule has 1 spiro atoms. The summed E-state index contributed by atoms with van der Waals surface area (Å²) in [6.07, 6.45) is 20.7. The van der Waals surface area contributed by atoms with E-state index in [0.717, 1.165) is 63.0 Å². The summed E-state index contributed by atoms with van der Waals surface area (Å²) >= 11 is 0. The summed E-state index contributed by atoms with van der Waals surface area (Å²) in [6.45, 7) is 6.61. The smallest absolute Gasteiger partial charge is 0.253 e. The Labute approximate surface area is 233 Å². The molecule has 7 heteroatoms. The van der Waals surface area contributed by atoms with E-state index in [4.69, 9.17) is 0 Å². The zero-order chi connectivity index (χ0) is 26.5. The average molecular weight is 529 g/mol. The number of benzene rings is 1. The van der Waals surface area contributed by atoms with Crippen molar-refractivity contribution in [2.75, 3.05) is 32.7 Å². The van der Waals surface area contributed by atoms with Crippen LogP contribution in [0.3, 0.4) is 0 Å². The van der Waals surface area contributed by atoms with E-state index in [2.05, 4.69) is 47.9 Å². The van der Waals surface area contributed by atoms with E-state index >= 15 is 0 Å². The Hall–Kier alpha value is -2.77. The fraction of sp³-hybridized carbons (Fsp3) is 0.594. The summed E-state index contributed by atoms with van der Waals surface area (Å²) in [4.78, 5) is 32.9.